The molecule has 0 spiro atoms. The minimum Gasteiger partial charge on any atom is -0.296 e. The molecule has 108 valence electrons. The average molecular weight is 289 g/mol. The Morgan fingerprint density at radius 2 is 1.82 bits per heavy atom. The summed E-state index contributed by atoms with van der Waals surface area (Å²) >= 11 is 0. The van der Waals surface area contributed by atoms with Crippen LogP contribution in [0.2, 0.25) is 0 Å². The fourth-order valence-corrected chi connectivity index (χ4v) is 2.23. The van der Waals surface area contributed by atoms with Crippen LogP contribution in [0.4, 0.5) is 0 Å². The Hall–Kier alpha value is -3.01. The van der Waals surface area contributed by atoms with E-state index in [4.69, 9.17) is 0 Å². The summed E-state index contributed by atoms with van der Waals surface area (Å²) in [6.45, 7) is 2.01. The summed E-state index contributed by atoms with van der Waals surface area (Å²) in [6, 6.07) is 17.8. The zero-order chi connectivity index (χ0) is 15.4. The van der Waals surface area contributed by atoms with Crippen molar-refractivity contribution in [1.82, 2.24) is 15.0 Å². The summed E-state index contributed by atoms with van der Waals surface area (Å²) in [6.07, 6.45) is 4.53. The first kappa shape index (κ1) is 13.9. The van der Waals surface area contributed by atoms with E-state index in [1.54, 1.807) is 4.68 Å². The van der Waals surface area contributed by atoms with Crippen molar-refractivity contribution in [1.29, 1.82) is 0 Å². The highest BCUT2D eigenvalue weighted by molar-refractivity contribution is 5.81. The van der Waals surface area contributed by atoms with Gasteiger partial charge in [0.1, 0.15) is 0 Å². The Balaban J connectivity index is 2.04. The van der Waals surface area contributed by atoms with Crippen LogP contribution < -0.4 is 0 Å². The van der Waals surface area contributed by atoms with E-state index in [0.29, 0.717) is 11.4 Å². The Labute approximate surface area is 128 Å². The van der Waals surface area contributed by atoms with Crippen molar-refractivity contribution in [3.05, 3.63) is 77.1 Å². The van der Waals surface area contributed by atoms with Gasteiger partial charge < -0.3 is 0 Å². The number of benzene rings is 2. The van der Waals surface area contributed by atoms with Crippen LogP contribution in [-0.2, 0) is 0 Å². The maximum atomic E-state index is 11.2. The third kappa shape index (κ3) is 2.86. The number of rotatable bonds is 4. The Bertz CT molecular complexity index is 819. The van der Waals surface area contributed by atoms with E-state index in [1.807, 2.05) is 73.7 Å². The fraction of sp³-hybridized carbons (Fsp3) is 0.0556. The lowest BCUT2D eigenvalue weighted by Crippen LogP contribution is -2.00. The van der Waals surface area contributed by atoms with Crippen LogP contribution in [0.5, 0.6) is 0 Å². The Kier molecular flexibility index (Phi) is 3.92. The molecule has 0 atom stereocenters. The number of carbonyl (C=O) groups excluding carboxylic acids is 1. The summed E-state index contributed by atoms with van der Waals surface area (Å²) in [7, 11) is 0. The molecule has 0 N–H and O–H groups in total. The summed E-state index contributed by atoms with van der Waals surface area (Å²) in [4.78, 5) is 11.2. The SMILES string of the molecule is Cc1cccc(-n2nnc(C=O)c2/C=C/c2ccccc2)c1. The maximum absolute atomic E-state index is 11.2. The molecule has 1 aromatic heterocycles. The number of aromatic nitrogens is 3. The van der Waals surface area contributed by atoms with E-state index in [0.717, 1.165) is 23.1 Å². The molecule has 22 heavy (non-hydrogen) atoms. The third-order valence-corrected chi connectivity index (χ3v) is 3.32. The molecule has 2 aromatic carbocycles. The molecule has 0 fully saturated rings. The number of hydrogen-bond acceptors (Lipinski definition) is 3. The first-order chi connectivity index (χ1) is 10.8. The highest BCUT2D eigenvalue weighted by Gasteiger charge is 2.11. The van der Waals surface area contributed by atoms with E-state index >= 15 is 0 Å². The number of nitrogens with zero attached hydrogens (tertiary/aromatic N) is 3. The van der Waals surface area contributed by atoms with E-state index in [1.165, 1.54) is 0 Å². The van der Waals surface area contributed by atoms with Crippen LogP contribution in [-0.4, -0.2) is 21.3 Å². The average Bonchev–Trinajstić information content (AvgIpc) is 2.97. The lowest BCUT2D eigenvalue weighted by atomic mass is 10.2. The van der Waals surface area contributed by atoms with Crippen LogP contribution in [0, 0.1) is 6.92 Å². The topological polar surface area (TPSA) is 47.8 Å². The van der Waals surface area contributed by atoms with Gasteiger partial charge in [-0.1, -0.05) is 53.8 Å². The molecular formula is C18H15N3O. The zero-order valence-corrected chi connectivity index (χ0v) is 12.2. The first-order valence-electron chi connectivity index (χ1n) is 6.99. The van der Waals surface area contributed by atoms with E-state index in [9.17, 15) is 4.79 Å². The van der Waals surface area contributed by atoms with Gasteiger partial charge in [-0.3, -0.25) is 4.79 Å². The second kappa shape index (κ2) is 6.18. The standard InChI is InChI=1S/C18H15N3O/c1-14-6-5-9-16(12-14)21-18(17(13-22)19-20-21)11-10-15-7-3-2-4-8-15/h2-13H,1H3/b11-10+. The van der Waals surface area contributed by atoms with Crippen molar-refractivity contribution >= 4 is 18.4 Å². The van der Waals surface area contributed by atoms with Crippen LogP contribution >= 0.6 is 0 Å². The van der Waals surface area contributed by atoms with Gasteiger partial charge in [0.25, 0.3) is 0 Å². The second-order valence-corrected chi connectivity index (χ2v) is 4.97. The summed E-state index contributed by atoms with van der Waals surface area (Å²) < 4.78 is 1.68. The monoisotopic (exact) mass is 289 g/mol. The molecule has 0 aliphatic heterocycles. The Morgan fingerprint density at radius 1 is 1.00 bits per heavy atom. The molecule has 4 nitrogen and oxygen atoms in total. The van der Waals surface area contributed by atoms with Crippen molar-refractivity contribution in [3.8, 4) is 5.69 Å². The van der Waals surface area contributed by atoms with Crippen LogP contribution in [0.3, 0.4) is 0 Å². The molecule has 0 unspecified atom stereocenters. The molecule has 0 amide bonds. The van der Waals surface area contributed by atoms with Gasteiger partial charge >= 0.3 is 0 Å². The fourth-order valence-electron chi connectivity index (χ4n) is 2.23. The van der Waals surface area contributed by atoms with Crippen LogP contribution in [0.15, 0.2) is 54.6 Å². The van der Waals surface area contributed by atoms with Crippen molar-refractivity contribution in [2.75, 3.05) is 0 Å². The maximum Gasteiger partial charge on any atom is 0.172 e. The molecule has 3 rings (SSSR count). The largest absolute Gasteiger partial charge is 0.296 e. The van der Waals surface area contributed by atoms with Crippen molar-refractivity contribution < 1.29 is 4.79 Å². The van der Waals surface area contributed by atoms with Crippen molar-refractivity contribution in [2.24, 2.45) is 0 Å². The smallest absolute Gasteiger partial charge is 0.172 e. The summed E-state index contributed by atoms with van der Waals surface area (Å²) in [5.74, 6) is 0. The summed E-state index contributed by atoms with van der Waals surface area (Å²) in [5.41, 5.74) is 4.06. The molecule has 0 saturated carbocycles. The van der Waals surface area contributed by atoms with Gasteiger partial charge in [0, 0.05) is 0 Å². The minimum atomic E-state index is 0.327. The highest BCUT2D eigenvalue weighted by atomic mass is 16.1. The van der Waals surface area contributed by atoms with Gasteiger partial charge in [0.15, 0.2) is 12.0 Å². The van der Waals surface area contributed by atoms with Gasteiger partial charge in [0.2, 0.25) is 0 Å². The molecule has 0 bridgehead atoms. The molecule has 4 heteroatoms. The van der Waals surface area contributed by atoms with Crippen LogP contribution in [0.1, 0.15) is 27.3 Å². The number of carbonyl (C=O) groups is 1. The second-order valence-electron chi connectivity index (χ2n) is 4.97. The number of aldehydes is 1. The quantitative estimate of drug-likeness (QED) is 0.690. The lowest BCUT2D eigenvalue weighted by Gasteiger charge is -2.04. The van der Waals surface area contributed by atoms with E-state index in [-0.39, 0.29) is 0 Å². The predicted molar refractivity (Wildman–Crippen MR) is 86.9 cm³/mol. The molecule has 1 heterocycles. The van der Waals surface area contributed by atoms with Gasteiger partial charge in [-0.15, -0.1) is 5.10 Å². The van der Waals surface area contributed by atoms with Gasteiger partial charge in [0.05, 0.1) is 11.4 Å². The van der Waals surface area contributed by atoms with Crippen molar-refractivity contribution in [3.63, 3.8) is 0 Å². The zero-order valence-electron chi connectivity index (χ0n) is 12.2. The molecular weight excluding hydrogens is 274 g/mol. The molecule has 0 aliphatic carbocycles. The molecule has 0 aliphatic rings. The van der Waals surface area contributed by atoms with Gasteiger partial charge in [-0.25, -0.2) is 4.68 Å². The normalized spacial score (nSPS) is 11.0. The lowest BCUT2D eigenvalue weighted by molar-refractivity contribution is 0.111. The predicted octanol–water partition coefficient (Wildman–Crippen LogP) is 3.56. The molecule has 0 saturated heterocycles. The number of hydrogen-bond donors (Lipinski definition) is 0. The Morgan fingerprint density at radius 3 is 2.55 bits per heavy atom. The third-order valence-electron chi connectivity index (χ3n) is 3.32. The molecule has 0 radical (unpaired) electrons. The van der Waals surface area contributed by atoms with Crippen molar-refractivity contribution in [2.45, 2.75) is 6.92 Å². The van der Waals surface area contributed by atoms with Gasteiger partial charge in [-0.05, 0) is 36.3 Å². The van der Waals surface area contributed by atoms with Gasteiger partial charge in [-0.2, -0.15) is 0 Å². The first-order valence-corrected chi connectivity index (χ1v) is 6.99. The van der Waals surface area contributed by atoms with Crippen LogP contribution in [0.25, 0.3) is 17.8 Å². The highest BCUT2D eigenvalue weighted by Crippen LogP contribution is 2.16. The summed E-state index contributed by atoms with van der Waals surface area (Å²) in [5, 5.41) is 8.04. The van der Waals surface area contributed by atoms with E-state index < -0.39 is 0 Å². The molecule has 3 aromatic rings. The minimum absolute atomic E-state index is 0.327. The number of aryl methyl sites for hydroxylation is 1. The van der Waals surface area contributed by atoms with E-state index in [2.05, 4.69) is 10.3 Å².